The minimum atomic E-state index is -0.762. The summed E-state index contributed by atoms with van der Waals surface area (Å²) in [5, 5.41) is 0. The van der Waals surface area contributed by atoms with Gasteiger partial charge in [-0.15, -0.1) is 0 Å². The van der Waals surface area contributed by atoms with Crippen molar-refractivity contribution in [1.82, 2.24) is 0 Å². The lowest BCUT2D eigenvalue weighted by molar-refractivity contribution is -0.167. The number of carbonyl (C=O) groups is 3. The van der Waals surface area contributed by atoms with Gasteiger partial charge in [-0.3, -0.25) is 14.4 Å². The van der Waals surface area contributed by atoms with E-state index in [9.17, 15) is 14.4 Å². The minimum absolute atomic E-state index is 0.0627. The van der Waals surface area contributed by atoms with E-state index in [1.807, 2.05) is 0 Å². The van der Waals surface area contributed by atoms with Gasteiger partial charge < -0.3 is 14.2 Å². The first-order valence-corrected chi connectivity index (χ1v) is 27.9. The fraction of sp³-hybridized carbons (Fsp3) is 0.946. The maximum Gasteiger partial charge on any atom is 0.306 e. The topological polar surface area (TPSA) is 78.9 Å². The molecule has 0 radical (unpaired) electrons. The summed E-state index contributed by atoms with van der Waals surface area (Å²) in [6, 6.07) is 0. The van der Waals surface area contributed by atoms with Crippen molar-refractivity contribution in [3.8, 4) is 0 Å². The van der Waals surface area contributed by atoms with Crippen molar-refractivity contribution in [3.63, 3.8) is 0 Å². The van der Waals surface area contributed by atoms with Gasteiger partial charge in [-0.2, -0.15) is 0 Å². The van der Waals surface area contributed by atoms with Crippen LogP contribution in [0, 0.1) is 5.92 Å². The van der Waals surface area contributed by atoms with Crippen LogP contribution in [0.2, 0.25) is 0 Å². The van der Waals surface area contributed by atoms with E-state index in [0.717, 1.165) is 63.7 Å². The highest BCUT2D eigenvalue weighted by molar-refractivity contribution is 5.71. The zero-order chi connectivity index (χ0) is 45.2. The van der Waals surface area contributed by atoms with Crippen molar-refractivity contribution in [3.05, 3.63) is 0 Å². The molecule has 0 saturated carbocycles. The van der Waals surface area contributed by atoms with Crippen LogP contribution in [0.1, 0.15) is 317 Å². The van der Waals surface area contributed by atoms with E-state index in [4.69, 9.17) is 14.2 Å². The zero-order valence-electron chi connectivity index (χ0n) is 42.3. The van der Waals surface area contributed by atoms with Crippen LogP contribution in [0.4, 0.5) is 0 Å². The molecule has 6 heteroatoms. The zero-order valence-corrected chi connectivity index (χ0v) is 42.3. The quantitative estimate of drug-likeness (QED) is 0.0344. The van der Waals surface area contributed by atoms with Crippen molar-refractivity contribution in [2.24, 2.45) is 5.92 Å². The molecule has 0 heterocycles. The second kappa shape index (κ2) is 50.4. The Morgan fingerprint density at radius 1 is 0.323 bits per heavy atom. The van der Waals surface area contributed by atoms with E-state index in [-0.39, 0.29) is 31.1 Å². The molecule has 368 valence electrons. The fourth-order valence-corrected chi connectivity index (χ4v) is 8.54. The Morgan fingerprint density at radius 2 is 0.565 bits per heavy atom. The smallest absolute Gasteiger partial charge is 0.306 e. The molecular weight excluding hydrogens is 769 g/mol. The van der Waals surface area contributed by atoms with Gasteiger partial charge in [-0.25, -0.2) is 0 Å². The van der Waals surface area contributed by atoms with Crippen molar-refractivity contribution in [1.29, 1.82) is 0 Å². The third-order valence-electron chi connectivity index (χ3n) is 13.2. The predicted molar refractivity (Wildman–Crippen MR) is 266 cm³/mol. The van der Waals surface area contributed by atoms with Crippen LogP contribution >= 0.6 is 0 Å². The Morgan fingerprint density at radius 3 is 0.839 bits per heavy atom. The lowest BCUT2D eigenvalue weighted by atomic mass is 9.99. The molecule has 0 rings (SSSR count). The first-order chi connectivity index (χ1) is 30.4. The monoisotopic (exact) mass is 877 g/mol. The van der Waals surface area contributed by atoms with Crippen molar-refractivity contribution < 1.29 is 28.6 Å². The van der Waals surface area contributed by atoms with Crippen molar-refractivity contribution in [2.45, 2.75) is 323 Å². The number of rotatable bonds is 51. The third-order valence-corrected chi connectivity index (χ3v) is 13.2. The van der Waals surface area contributed by atoms with Crippen LogP contribution in [0.3, 0.4) is 0 Å². The highest BCUT2D eigenvalue weighted by Gasteiger charge is 2.19. The van der Waals surface area contributed by atoms with E-state index in [2.05, 4.69) is 27.7 Å². The molecule has 0 aliphatic rings. The summed E-state index contributed by atoms with van der Waals surface area (Å²) in [4.78, 5) is 38.0. The Bertz CT molecular complexity index is 935. The molecule has 0 aliphatic heterocycles. The predicted octanol–water partition coefficient (Wildman–Crippen LogP) is 18.2. The molecule has 0 N–H and O–H groups in total. The second-order valence-corrected chi connectivity index (χ2v) is 19.5. The Labute approximate surface area is 387 Å². The standard InChI is InChI=1S/C56H108O6/c1-5-8-10-12-14-16-18-20-22-23-25-27-29-31-36-40-44-48-55(58)61-51-53(62-56(59)49-45-41-37-33-32-34-38-42-46-52(4)7-3)50-60-54(57)47-43-39-35-30-28-26-24-21-19-17-15-13-11-9-6-2/h52-53H,5-51H2,1-4H3/t52?,53-/m1/s1. The molecule has 0 saturated heterocycles. The van der Waals surface area contributed by atoms with Crippen LogP contribution < -0.4 is 0 Å². The molecule has 0 bridgehead atoms. The van der Waals surface area contributed by atoms with Crippen LogP contribution in [0.25, 0.3) is 0 Å². The number of carbonyl (C=O) groups excluding carboxylic acids is 3. The Kier molecular flexibility index (Phi) is 49.1. The summed E-state index contributed by atoms with van der Waals surface area (Å²) in [5.41, 5.74) is 0. The second-order valence-electron chi connectivity index (χ2n) is 19.5. The van der Waals surface area contributed by atoms with Gasteiger partial charge in [0, 0.05) is 19.3 Å². The lowest BCUT2D eigenvalue weighted by Gasteiger charge is -2.18. The highest BCUT2D eigenvalue weighted by Crippen LogP contribution is 2.18. The van der Waals surface area contributed by atoms with Crippen molar-refractivity contribution >= 4 is 17.9 Å². The van der Waals surface area contributed by atoms with Crippen LogP contribution in [0.15, 0.2) is 0 Å². The fourth-order valence-electron chi connectivity index (χ4n) is 8.54. The average Bonchev–Trinajstić information content (AvgIpc) is 3.27. The maximum atomic E-state index is 12.8. The van der Waals surface area contributed by atoms with E-state index >= 15 is 0 Å². The summed E-state index contributed by atoms with van der Waals surface area (Å²) in [6.45, 7) is 9.05. The van der Waals surface area contributed by atoms with E-state index in [1.165, 1.54) is 212 Å². The summed E-state index contributed by atoms with van der Waals surface area (Å²) < 4.78 is 16.9. The summed E-state index contributed by atoms with van der Waals surface area (Å²) in [6.07, 6.45) is 53.7. The van der Waals surface area contributed by atoms with Gasteiger partial charge in [0.05, 0.1) is 0 Å². The van der Waals surface area contributed by atoms with Gasteiger partial charge in [0.2, 0.25) is 0 Å². The van der Waals surface area contributed by atoms with E-state index in [1.54, 1.807) is 0 Å². The number of unbranched alkanes of at least 4 members (excludes halogenated alkanes) is 37. The molecule has 0 spiro atoms. The molecule has 2 atom stereocenters. The largest absolute Gasteiger partial charge is 0.462 e. The Hall–Kier alpha value is -1.59. The van der Waals surface area contributed by atoms with Gasteiger partial charge in [0.15, 0.2) is 6.10 Å². The number of hydrogen-bond acceptors (Lipinski definition) is 6. The van der Waals surface area contributed by atoms with Crippen LogP contribution in [-0.4, -0.2) is 37.2 Å². The first kappa shape index (κ1) is 60.4. The molecule has 62 heavy (non-hydrogen) atoms. The SMILES string of the molecule is CCCCCCCCCCCCCCCCCCCC(=O)OC[C@@H](COC(=O)CCCCCCCCCCCCCCCCC)OC(=O)CCCCCCCCCCC(C)CC. The van der Waals surface area contributed by atoms with E-state index in [0.29, 0.717) is 19.3 Å². The Balaban J connectivity index is 4.28. The van der Waals surface area contributed by atoms with Gasteiger partial charge in [-0.1, -0.05) is 278 Å². The molecule has 0 aromatic carbocycles. The number of esters is 3. The van der Waals surface area contributed by atoms with Gasteiger partial charge in [-0.05, 0) is 25.2 Å². The number of hydrogen-bond donors (Lipinski definition) is 0. The molecule has 0 aliphatic carbocycles. The van der Waals surface area contributed by atoms with Crippen LogP contribution in [0.5, 0.6) is 0 Å². The van der Waals surface area contributed by atoms with Gasteiger partial charge >= 0.3 is 17.9 Å². The summed E-state index contributed by atoms with van der Waals surface area (Å²) >= 11 is 0. The highest BCUT2D eigenvalue weighted by atomic mass is 16.6. The van der Waals surface area contributed by atoms with Gasteiger partial charge in [0.25, 0.3) is 0 Å². The molecule has 1 unspecified atom stereocenters. The van der Waals surface area contributed by atoms with Crippen molar-refractivity contribution in [2.75, 3.05) is 13.2 Å². The average molecular weight is 877 g/mol. The third kappa shape index (κ3) is 47.9. The summed E-state index contributed by atoms with van der Waals surface area (Å²) in [7, 11) is 0. The first-order valence-electron chi connectivity index (χ1n) is 27.9. The number of ether oxygens (including phenoxy) is 3. The lowest BCUT2D eigenvalue weighted by Crippen LogP contribution is -2.30. The minimum Gasteiger partial charge on any atom is -0.462 e. The summed E-state index contributed by atoms with van der Waals surface area (Å²) in [5.74, 6) is 0.00437. The molecule has 6 nitrogen and oxygen atoms in total. The maximum absolute atomic E-state index is 12.8. The molecule has 0 aromatic heterocycles. The van der Waals surface area contributed by atoms with Crippen LogP contribution in [-0.2, 0) is 28.6 Å². The van der Waals surface area contributed by atoms with E-state index < -0.39 is 6.10 Å². The molecule has 0 fully saturated rings. The molecular formula is C56H108O6. The molecule has 0 aromatic rings. The normalized spacial score (nSPS) is 12.4. The molecule has 0 amide bonds. The van der Waals surface area contributed by atoms with Gasteiger partial charge in [0.1, 0.15) is 13.2 Å².